The Kier molecular flexibility index (Phi) is 21.7. The maximum Gasteiger partial charge on any atom is 1.00 e. The zero-order chi connectivity index (χ0) is 18.3. The van der Waals surface area contributed by atoms with E-state index >= 15 is 0 Å². The van der Waals surface area contributed by atoms with Gasteiger partial charge in [-0.15, -0.1) is 0 Å². The SMILES string of the molecule is CCCCCCCCCCCCCCC(O)CC(CC)S(=O)(=O)[O-].[K+]. The molecule has 0 bridgehead atoms. The molecule has 4 nitrogen and oxygen atoms in total. The molecule has 0 heterocycles. The van der Waals surface area contributed by atoms with Crippen LogP contribution in [0.15, 0.2) is 0 Å². The molecule has 0 saturated heterocycles. The summed E-state index contributed by atoms with van der Waals surface area (Å²) in [6.07, 6.45) is 15.5. The summed E-state index contributed by atoms with van der Waals surface area (Å²) in [7, 11) is -4.28. The first-order valence-electron chi connectivity index (χ1n) is 10.0. The third-order valence-electron chi connectivity index (χ3n) is 4.79. The van der Waals surface area contributed by atoms with Crippen molar-refractivity contribution in [2.75, 3.05) is 0 Å². The maximum atomic E-state index is 11.0. The molecule has 0 spiro atoms. The maximum absolute atomic E-state index is 11.0. The van der Waals surface area contributed by atoms with Gasteiger partial charge in [-0.05, 0) is 19.3 Å². The second-order valence-corrected chi connectivity index (χ2v) is 8.74. The Morgan fingerprint density at radius 2 is 1.20 bits per heavy atom. The van der Waals surface area contributed by atoms with E-state index in [1.54, 1.807) is 6.92 Å². The fourth-order valence-corrected chi connectivity index (χ4v) is 4.00. The molecule has 0 radical (unpaired) electrons. The third kappa shape index (κ3) is 18.6. The van der Waals surface area contributed by atoms with E-state index in [-0.39, 0.29) is 64.2 Å². The molecule has 0 aliphatic rings. The molecule has 0 aliphatic heterocycles. The van der Waals surface area contributed by atoms with Crippen molar-refractivity contribution in [2.45, 2.75) is 122 Å². The summed E-state index contributed by atoms with van der Waals surface area (Å²) in [5, 5.41) is 8.93. The summed E-state index contributed by atoms with van der Waals surface area (Å²) in [6.45, 7) is 3.92. The molecule has 146 valence electrons. The average molecular weight is 403 g/mol. The predicted molar refractivity (Wildman–Crippen MR) is 100 cm³/mol. The minimum absolute atomic E-state index is 0. The molecule has 0 aromatic rings. The number of rotatable bonds is 17. The van der Waals surface area contributed by atoms with Gasteiger partial charge in [0, 0.05) is 0 Å². The number of unbranched alkanes of at least 4 members (excludes halogenated alkanes) is 11. The quantitative estimate of drug-likeness (QED) is 0.230. The Balaban J connectivity index is 0. The molecule has 0 saturated carbocycles. The number of hydrogen-bond donors (Lipinski definition) is 1. The van der Waals surface area contributed by atoms with Gasteiger partial charge in [-0.25, -0.2) is 8.42 Å². The number of aliphatic hydroxyl groups is 1. The summed E-state index contributed by atoms with van der Waals surface area (Å²) < 4.78 is 33.0. The van der Waals surface area contributed by atoms with Crippen molar-refractivity contribution in [3.8, 4) is 0 Å². The first-order chi connectivity index (χ1) is 11.4. The third-order valence-corrected chi connectivity index (χ3v) is 6.13. The predicted octanol–water partition coefficient (Wildman–Crippen LogP) is 2.16. The van der Waals surface area contributed by atoms with Crippen LogP contribution in [-0.4, -0.2) is 29.4 Å². The van der Waals surface area contributed by atoms with E-state index in [0.717, 1.165) is 12.8 Å². The van der Waals surface area contributed by atoms with E-state index in [1.807, 2.05) is 0 Å². The van der Waals surface area contributed by atoms with Crippen LogP contribution in [0.3, 0.4) is 0 Å². The van der Waals surface area contributed by atoms with Crippen molar-refractivity contribution >= 4 is 10.1 Å². The Hall–Kier alpha value is 1.51. The molecule has 2 unspecified atom stereocenters. The van der Waals surface area contributed by atoms with Gasteiger partial charge in [0.05, 0.1) is 21.5 Å². The molecule has 0 aromatic heterocycles. The molecular weight excluding hydrogens is 363 g/mol. The molecule has 0 aliphatic carbocycles. The first-order valence-corrected chi connectivity index (χ1v) is 11.5. The zero-order valence-corrected chi connectivity index (χ0v) is 20.8. The Labute approximate surface area is 199 Å². The van der Waals surface area contributed by atoms with Crippen LogP contribution in [0.2, 0.25) is 0 Å². The van der Waals surface area contributed by atoms with Gasteiger partial charge >= 0.3 is 51.4 Å². The first kappa shape index (κ1) is 28.7. The molecule has 25 heavy (non-hydrogen) atoms. The van der Waals surface area contributed by atoms with Crippen molar-refractivity contribution in [1.29, 1.82) is 0 Å². The van der Waals surface area contributed by atoms with E-state index in [2.05, 4.69) is 6.92 Å². The van der Waals surface area contributed by atoms with Crippen LogP contribution in [0, 0.1) is 0 Å². The van der Waals surface area contributed by atoms with Crippen LogP contribution in [0.4, 0.5) is 0 Å². The van der Waals surface area contributed by atoms with Crippen molar-refractivity contribution in [3.63, 3.8) is 0 Å². The number of hydrogen-bond acceptors (Lipinski definition) is 4. The second-order valence-electron chi connectivity index (χ2n) is 7.09. The van der Waals surface area contributed by atoms with Gasteiger partial charge < -0.3 is 9.66 Å². The fraction of sp³-hybridized carbons (Fsp3) is 1.00. The van der Waals surface area contributed by atoms with Crippen LogP contribution >= 0.6 is 0 Å². The van der Waals surface area contributed by atoms with E-state index in [4.69, 9.17) is 0 Å². The fourth-order valence-electron chi connectivity index (χ4n) is 3.13. The Bertz CT molecular complexity index is 374. The average Bonchev–Trinajstić information content (AvgIpc) is 2.52. The van der Waals surface area contributed by atoms with Gasteiger partial charge in [-0.2, -0.15) is 0 Å². The van der Waals surface area contributed by atoms with E-state index < -0.39 is 21.5 Å². The van der Waals surface area contributed by atoms with Crippen LogP contribution in [0.1, 0.15) is 110 Å². The molecule has 1 N–H and O–H groups in total. The van der Waals surface area contributed by atoms with Crippen LogP contribution in [0.5, 0.6) is 0 Å². The summed E-state index contributed by atoms with van der Waals surface area (Å²) >= 11 is 0. The van der Waals surface area contributed by atoms with Gasteiger partial charge in [0.2, 0.25) is 0 Å². The standard InChI is InChI=1S/C19H40O4S.K/c1-3-5-6-7-8-9-10-11-12-13-14-15-16-18(20)17-19(4-2)24(21,22)23;/h18-20H,3-17H2,1-2H3,(H,21,22,23);/q;+1/p-1. The van der Waals surface area contributed by atoms with E-state index in [1.165, 1.54) is 64.2 Å². The molecule has 6 heteroatoms. The number of aliphatic hydroxyl groups excluding tert-OH is 1. The van der Waals surface area contributed by atoms with Crippen LogP contribution in [0.25, 0.3) is 0 Å². The molecule has 0 rings (SSSR count). The summed E-state index contributed by atoms with van der Waals surface area (Å²) in [4.78, 5) is 0. The molecule has 0 aromatic carbocycles. The van der Waals surface area contributed by atoms with Crippen molar-refractivity contribution in [1.82, 2.24) is 0 Å². The van der Waals surface area contributed by atoms with E-state index in [0.29, 0.717) is 6.42 Å². The van der Waals surface area contributed by atoms with Crippen molar-refractivity contribution < 1.29 is 69.5 Å². The molecule has 0 amide bonds. The molecule has 2 atom stereocenters. The summed E-state index contributed by atoms with van der Waals surface area (Å²) in [5.41, 5.74) is 0. The van der Waals surface area contributed by atoms with Gasteiger partial charge in [0.1, 0.15) is 0 Å². The molecular formula is C19H39KO4S. The topological polar surface area (TPSA) is 77.4 Å². The Morgan fingerprint density at radius 1 is 0.800 bits per heavy atom. The minimum Gasteiger partial charge on any atom is -0.748 e. The van der Waals surface area contributed by atoms with Crippen LogP contribution < -0.4 is 51.4 Å². The summed E-state index contributed by atoms with van der Waals surface area (Å²) in [5.74, 6) is 0. The van der Waals surface area contributed by atoms with Crippen LogP contribution in [-0.2, 0) is 10.1 Å². The monoisotopic (exact) mass is 402 g/mol. The Morgan fingerprint density at radius 3 is 1.56 bits per heavy atom. The zero-order valence-electron chi connectivity index (χ0n) is 16.8. The van der Waals surface area contributed by atoms with Gasteiger partial charge in [0.15, 0.2) is 0 Å². The van der Waals surface area contributed by atoms with Gasteiger partial charge in [-0.1, -0.05) is 90.9 Å². The second kappa shape index (κ2) is 18.9. The van der Waals surface area contributed by atoms with Crippen molar-refractivity contribution in [3.05, 3.63) is 0 Å². The van der Waals surface area contributed by atoms with Gasteiger partial charge in [-0.3, -0.25) is 0 Å². The molecule has 0 fully saturated rings. The smallest absolute Gasteiger partial charge is 0.748 e. The van der Waals surface area contributed by atoms with E-state index in [9.17, 15) is 18.1 Å². The van der Waals surface area contributed by atoms with Crippen molar-refractivity contribution in [2.24, 2.45) is 0 Å². The summed E-state index contributed by atoms with van der Waals surface area (Å²) in [6, 6.07) is 0. The minimum atomic E-state index is -4.28. The normalized spacial score (nSPS) is 14.1. The largest absolute Gasteiger partial charge is 1.00 e. The van der Waals surface area contributed by atoms with Gasteiger partial charge in [0.25, 0.3) is 0 Å².